The molecule has 0 nitrogen and oxygen atoms in total. The van der Waals surface area contributed by atoms with Crippen LogP contribution < -0.4 is 0 Å². The molecule has 0 spiro atoms. The van der Waals surface area contributed by atoms with Gasteiger partial charge in [-0.3, -0.25) is 0 Å². The fraction of sp³-hybridized carbons (Fsp3) is 0.833. The van der Waals surface area contributed by atoms with E-state index in [2.05, 4.69) is 15.9 Å². The van der Waals surface area contributed by atoms with Crippen molar-refractivity contribution in [2.75, 3.05) is 0 Å². The fourth-order valence-corrected chi connectivity index (χ4v) is 1.57. The molecule has 8 heavy (non-hydrogen) atoms. The summed E-state index contributed by atoms with van der Waals surface area (Å²) in [6.07, 6.45) is 4.66. The summed E-state index contributed by atoms with van der Waals surface area (Å²) in [5, 5.41) is 0.441. The second kappa shape index (κ2) is 2.98. The maximum atomic E-state index is 5.85. The van der Waals surface area contributed by atoms with Crippen molar-refractivity contribution in [3.8, 4) is 0 Å². The van der Waals surface area contributed by atoms with E-state index in [1.165, 1.54) is 17.7 Å². The summed E-state index contributed by atoms with van der Waals surface area (Å²) in [5.74, 6) is 0. The zero-order valence-electron chi connectivity index (χ0n) is 4.66. The minimum Gasteiger partial charge on any atom is -0.123 e. The van der Waals surface area contributed by atoms with E-state index in [9.17, 15) is 0 Å². The normalized spacial score (nSPS) is 24.0. The second-order valence-electron chi connectivity index (χ2n) is 2.19. The Morgan fingerprint density at radius 3 is 2.25 bits per heavy atom. The molecule has 0 aromatic carbocycles. The minimum absolute atomic E-state index is 0.441. The van der Waals surface area contributed by atoms with Gasteiger partial charge in [-0.2, -0.15) is 0 Å². The van der Waals surface area contributed by atoms with Crippen molar-refractivity contribution in [3.63, 3.8) is 0 Å². The van der Waals surface area contributed by atoms with Gasteiger partial charge in [-0.1, -0.05) is 0 Å². The van der Waals surface area contributed by atoms with Crippen LogP contribution in [-0.4, -0.2) is 5.38 Å². The van der Waals surface area contributed by atoms with Crippen LogP contribution in [0.5, 0.6) is 0 Å². The maximum absolute atomic E-state index is 5.85. The molecule has 0 saturated heterocycles. The fourth-order valence-electron chi connectivity index (χ4n) is 0.896. The molecule has 0 aliphatic heterocycles. The Bertz CT molecular complexity index is 56.9. The van der Waals surface area contributed by atoms with Crippen molar-refractivity contribution in [2.24, 2.45) is 0 Å². The molecule has 0 aromatic heterocycles. The predicted molar refractivity (Wildman–Crippen MR) is 40.3 cm³/mol. The van der Waals surface area contributed by atoms with Crippen LogP contribution in [-0.2, 0) is 0 Å². The maximum Gasteiger partial charge on any atom is 0.198 e. The van der Waals surface area contributed by atoms with E-state index in [0.29, 0.717) is 5.38 Å². The lowest BCUT2D eigenvalue weighted by atomic mass is 10.0. The SMILES string of the molecule is ClC1CC[C+](Br)CC1. The highest BCUT2D eigenvalue weighted by Gasteiger charge is 2.25. The van der Waals surface area contributed by atoms with Crippen molar-refractivity contribution >= 4 is 27.5 Å². The lowest BCUT2D eigenvalue weighted by Gasteiger charge is -2.10. The first-order valence-corrected chi connectivity index (χ1v) is 4.16. The van der Waals surface area contributed by atoms with E-state index in [4.69, 9.17) is 11.6 Å². The van der Waals surface area contributed by atoms with E-state index in [-0.39, 0.29) is 0 Å². The number of hydrogen-bond acceptors (Lipinski definition) is 0. The molecular formula is C6H9BrCl+. The average Bonchev–Trinajstić information content (AvgIpc) is 1.77. The lowest BCUT2D eigenvalue weighted by molar-refractivity contribution is 0.590. The molecule has 0 N–H and O–H groups in total. The Morgan fingerprint density at radius 1 is 1.38 bits per heavy atom. The average molecular weight is 196 g/mol. The molecule has 1 rings (SSSR count). The molecule has 0 heterocycles. The molecule has 46 valence electrons. The summed E-state index contributed by atoms with van der Waals surface area (Å²) < 4.78 is 0. The molecule has 0 aromatic rings. The monoisotopic (exact) mass is 195 g/mol. The highest BCUT2D eigenvalue weighted by molar-refractivity contribution is 9.11. The van der Waals surface area contributed by atoms with Gasteiger partial charge in [-0.25, -0.2) is 0 Å². The summed E-state index contributed by atoms with van der Waals surface area (Å²) in [6.45, 7) is 0. The van der Waals surface area contributed by atoms with Crippen LogP contribution in [0.4, 0.5) is 0 Å². The van der Waals surface area contributed by atoms with Crippen LogP contribution in [0.2, 0.25) is 0 Å². The van der Waals surface area contributed by atoms with Crippen molar-refractivity contribution in [1.82, 2.24) is 0 Å². The zero-order valence-corrected chi connectivity index (χ0v) is 7.00. The van der Waals surface area contributed by atoms with E-state index in [1.54, 1.807) is 0 Å². The first-order valence-electron chi connectivity index (χ1n) is 2.93. The summed E-state index contributed by atoms with van der Waals surface area (Å²) in [6, 6.07) is 0. The molecule has 0 unspecified atom stereocenters. The van der Waals surface area contributed by atoms with Gasteiger partial charge in [0, 0.05) is 18.2 Å². The van der Waals surface area contributed by atoms with E-state index < -0.39 is 0 Å². The standard InChI is InChI=1S/C6H9BrCl/c7-5-1-3-6(8)4-2-5/h6H,1-4H2/q+1. The van der Waals surface area contributed by atoms with Gasteiger partial charge in [0.05, 0.1) is 0 Å². The molecule has 2 heteroatoms. The number of halogens is 2. The minimum atomic E-state index is 0.441. The molecule has 1 aliphatic carbocycles. The molecule has 1 fully saturated rings. The zero-order chi connectivity index (χ0) is 5.98. The van der Waals surface area contributed by atoms with Crippen molar-refractivity contribution in [1.29, 1.82) is 0 Å². The molecule has 0 amide bonds. The number of alkyl halides is 1. The van der Waals surface area contributed by atoms with Crippen molar-refractivity contribution < 1.29 is 0 Å². The van der Waals surface area contributed by atoms with Crippen LogP contribution in [0.3, 0.4) is 0 Å². The lowest BCUT2D eigenvalue weighted by Crippen LogP contribution is -2.07. The first-order chi connectivity index (χ1) is 3.79. The van der Waals surface area contributed by atoms with Gasteiger partial charge >= 0.3 is 0 Å². The molecule has 0 bridgehead atoms. The third kappa shape index (κ3) is 1.87. The Balaban J connectivity index is 2.19. The highest BCUT2D eigenvalue weighted by atomic mass is 79.9. The van der Waals surface area contributed by atoms with Gasteiger partial charge in [0.25, 0.3) is 0 Å². The Morgan fingerprint density at radius 2 is 1.88 bits per heavy atom. The summed E-state index contributed by atoms with van der Waals surface area (Å²) in [7, 11) is 0. The number of rotatable bonds is 0. The largest absolute Gasteiger partial charge is 0.198 e. The van der Waals surface area contributed by atoms with Crippen LogP contribution in [0.15, 0.2) is 0 Å². The second-order valence-corrected chi connectivity index (χ2v) is 3.93. The Hall–Kier alpha value is 0.640. The predicted octanol–water partition coefficient (Wildman–Crippen LogP) is 3.09. The van der Waals surface area contributed by atoms with Crippen molar-refractivity contribution in [2.45, 2.75) is 31.1 Å². The molecule has 0 atom stereocenters. The van der Waals surface area contributed by atoms with Crippen LogP contribution >= 0.6 is 27.5 Å². The third-order valence-electron chi connectivity index (χ3n) is 1.46. The molecular weight excluding hydrogens is 187 g/mol. The van der Waals surface area contributed by atoms with Crippen molar-refractivity contribution in [3.05, 3.63) is 4.83 Å². The smallest absolute Gasteiger partial charge is 0.123 e. The van der Waals surface area contributed by atoms with E-state index >= 15 is 0 Å². The van der Waals surface area contributed by atoms with Gasteiger partial charge in [-0.05, 0) is 0 Å². The van der Waals surface area contributed by atoms with Gasteiger partial charge in [0.1, 0.15) is 12.8 Å². The van der Waals surface area contributed by atoms with E-state index in [1.807, 2.05) is 0 Å². The summed E-state index contributed by atoms with van der Waals surface area (Å²) >= 11 is 9.32. The van der Waals surface area contributed by atoms with Gasteiger partial charge < -0.3 is 0 Å². The van der Waals surface area contributed by atoms with Crippen LogP contribution in [0.1, 0.15) is 25.7 Å². The van der Waals surface area contributed by atoms with Gasteiger partial charge in [0.15, 0.2) is 20.8 Å². The summed E-state index contributed by atoms with van der Waals surface area (Å²) in [5.41, 5.74) is 0. The van der Waals surface area contributed by atoms with Gasteiger partial charge in [-0.15, -0.1) is 11.6 Å². The first kappa shape index (κ1) is 6.76. The highest BCUT2D eigenvalue weighted by Crippen LogP contribution is 2.32. The Kier molecular flexibility index (Phi) is 2.51. The quantitative estimate of drug-likeness (QED) is 0.413. The summed E-state index contributed by atoms with van der Waals surface area (Å²) in [4.78, 5) is 1.44. The van der Waals surface area contributed by atoms with Crippen LogP contribution in [0.25, 0.3) is 0 Å². The Labute approximate surface area is 63.7 Å². The number of hydrogen-bond donors (Lipinski definition) is 0. The third-order valence-corrected chi connectivity index (χ3v) is 2.69. The van der Waals surface area contributed by atoms with E-state index in [0.717, 1.165) is 12.8 Å². The topological polar surface area (TPSA) is 0 Å². The molecule has 1 aliphatic rings. The molecule has 1 saturated carbocycles. The molecule has 0 radical (unpaired) electrons. The van der Waals surface area contributed by atoms with Crippen LogP contribution in [0, 0.1) is 4.83 Å². The van der Waals surface area contributed by atoms with Gasteiger partial charge in [0.2, 0.25) is 0 Å².